The highest BCUT2D eigenvalue weighted by Crippen LogP contribution is 2.20. The van der Waals surface area contributed by atoms with Gasteiger partial charge in [-0.3, -0.25) is 4.68 Å². The number of hydrogen-bond acceptors (Lipinski definition) is 2. The molecule has 1 unspecified atom stereocenters. The lowest BCUT2D eigenvalue weighted by atomic mass is 10.1. The summed E-state index contributed by atoms with van der Waals surface area (Å²) in [6.07, 6.45) is 1.80. The molecule has 1 heterocycles. The molecule has 0 saturated carbocycles. The van der Waals surface area contributed by atoms with Gasteiger partial charge in [-0.2, -0.15) is 5.10 Å². The fraction of sp³-hybridized carbons (Fsp3) is 0.250. The first kappa shape index (κ1) is 11.6. The third-order valence-electron chi connectivity index (χ3n) is 2.58. The maximum absolute atomic E-state index is 6.24. The fourth-order valence-corrected chi connectivity index (χ4v) is 2.31. The molecule has 0 radical (unpaired) electrons. The molecule has 4 heteroatoms. The van der Waals surface area contributed by atoms with Crippen molar-refractivity contribution in [1.29, 1.82) is 0 Å². The van der Waals surface area contributed by atoms with Gasteiger partial charge in [0.05, 0.1) is 11.7 Å². The van der Waals surface area contributed by atoms with Gasteiger partial charge in [0, 0.05) is 16.3 Å². The molecule has 2 aromatic rings. The van der Waals surface area contributed by atoms with Crippen molar-refractivity contribution in [3.63, 3.8) is 0 Å². The molecule has 1 atom stereocenters. The maximum atomic E-state index is 6.24. The number of nitrogens with zero attached hydrogens (tertiary/aromatic N) is 2. The summed E-state index contributed by atoms with van der Waals surface area (Å²) in [4.78, 5) is 0. The van der Waals surface area contributed by atoms with Crippen LogP contribution in [0.15, 0.2) is 36.5 Å². The second-order valence-corrected chi connectivity index (χ2v) is 4.85. The van der Waals surface area contributed by atoms with Crippen LogP contribution in [-0.4, -0.2) is 9.78 Å². The largest absolute Gasteiger partial charge is 0.319 e. The molecule has 1 aromatic heterocycles. The van der Waals surface area contributed by atoms with Crippen LogP contribution in [0.4, 0.5) is 0 Å². The molecule has 0 fully saturated rings. The van der Waals surface area contributed by atoms with Crippen molar-refractivity contribution < 1.29 is 0 Å². The molecule has 0 aliphatic heterocycles. The van der Waals surface area contributed by atoms with Crippen molar-refractivity contribution >= 4 is 22.6 Å². The Hall–Kier alpha value is -0.880. The smallest absolute Gasteiger partial charge is 0.0723 e. The zero-order valence-electron chi connectivity index (χ0n) is 9.10. The molecule has 3 nitrogen and oxygen atoms in total. The van der Waals surface area contributed by atoms with Crippen LogP contribution in [0.2, 0.25) is 0 Å². The van der Waals surface area contributed by atoms with Crippen LogP contribution in [0.5, 0.6) is 0 Å². The van der Waals surface area contributed by atoms with E-state index in [4.69, 9.17) is 5.73 Å². The predicted molar refractivity (Wildman–Crippen MR) is 73.1 cm³/mol. The SMILES string of the molecule is CCn1nccc1C(N)c1cccc(I)c1. The first-order valence-corrected chi connectivity index (χ1v) is 6.33. The summed E-state index contributed by atoms with van der Waals surface area (Å²) in [5.41, 5.74) is 8.43. The van der Waals surface area contributed by atoms with Gasteiger partial charge in [-0.05, 0) is 53.3 Å². The Morgan fingerprint density at radius 2 is 2.25 bits per heavy atom. The van der Waals surface area contributed by atoms with E-state index in [1.165, 1.54) is 3.57 Å². The van der Waals surface area contributed by atoms with Crippen LogP contribution < -0.4 is 5.73 Å². The molecule has 0 aliphatic carbocycles. The Morgan fingerprint density at radius 3 is 2.94 bits per heavy atom. The van der Waals surface area contributed by atoms with Crippen LogP contribution in [0.25, 0.3) is 0 Å². The molecule has 0 aliphatic rings. The van der Waals surface area contributed by atoms with Crippen LogP contribution in [0.3, 0.4) is 0 Å². The summed E-state index contributed by atoms with van der Waals surface area (Å²) in [6, 6.07) is 10.1. The van der Waals surface area contributed by atoms with Crippen molar-refractivity contribution in [3.8, 4) is 0 Å². The lowest BCUT2D eigenvalue weighted by molar-refractivity contribution is 0.601. The quantitative estimate of drug-likeness (QED) is 0.881. The first-order chi connectivity index (χ1) is 7.72. The predicted octanol–water partition coefficient (Wildman–Crippen LogP) is 2.56. The standard InChI is InChI=1S/C12H14IN3/c1-2-16-11(6-7-15-16)12(14)9-4-3-5-10(13)8-9/h3-8,12H,2,14H2,1H3. The number of aryl methyl sites for hydroxylation is 1. The van der Waals surface area contributed by atoms with E-state index in [0.717, 1.165) is 17.8 Å². The second-order valence-electron chi connectivity index (χ2n) is 3.60. The molecule has 0 saturated heterocycles. The second kappa shape index (κ2) is 4.97. The van der Waals surface area contributed by atoms with Gasteiger partial charge in [-0.25, -0.2) is 0 Å². The van der Waals surface area contributed by atoms with E-state index in [-0.39, 0.29) is 6.04 Å². The Bertz CT molecular complexity index is 479. The minimum Gasteiger partial charge on any atom is -0.319 e. The Morgan fingerprint density at radius 1 is 1.44 bits per heavy atom. The summed E-state index contributed by atoms with van der Waals surface area (Å²) in [6.45, 7) is 2.91. The highest BCUT2D eigenvalue weighted by atomic mass is 127. The lowest BCUT2D eigenvalue weighted by Crippen LogP contribution is -2.17. The average Bonchev–Trinajstić information content (AvgIpc) is 2.76. The number of hydrogen-bond donors (Lipinski definition) is 1. The summed E-state index contributed by atoms with van der Waals surface area (Å²) >= 11 is 2.30. The summed E-state index contributed by atoms with van der Waals surface area (Å²) < 4.78 is 3.14. The van der Waals surface area contributed by atoms with Crippen molar-refractivity contribution in [2.24, 2.45) is 5.73 Å². The Balaban J connectivity index is 2.35. The highest BCUT2D eigenvalue weighted by molar-refractivity contribution is 14.1. The molecule has 0 bridgehead atoms. The van der Waals surface area contributed by atoms with Crippen molar-refractivity contribution in [1.82, 2.24) is 9.78 Å². The Kier molecular flexibility index (Phi) is 3.60. The van der Waals surface area contributed by atoms with Gasteiger partial charge in [-0.15, -0.1) is 0 Å². The van der Waals surface area contributed by atoms with Crippen molar-refractivity contribution in [2.45, 2.75) is 19.5 Å². The first-order valence-electron chi connectivity index (χ1n) is 5.25. The van der Waals surface area contributed by atoms with E-state index in [9.17, 15) is 0 Å². The maximum Gasteiger partial charge on any atom is 0.0723 e. The highest BCUT2D eigenvalue weighted by Gasteiger charge is 2.13. The van der Waals surface area contributed by atoms with Gasteiger partial charge in [0.25, 0.3) is 0 Å². The fourth-order valence-electron chi connectivity index (χ4n) is 1.74. The van der Waals surface area contributed by atoms with Gasteiger partial charge in [0.2, 0.25) is 0 Å². The molecule has 2 rings (SSSR count). The summed E-state index contributed by atoms with van der Waals surface area (Å²) in [5, 5.41) is 4.24. The van der Waals surface area contributed by atoms with E-state index in [1.807, 2.05) is 16.8 Å². The third kappa shape index (κ3) is 2.27. The van der Waals surface area contributed by atoms with Gasteiger partial charge in [0.1, 0.15) is 0 Å². The number of halogens is 1. The van der Waals surface area contributed by atoms with Gasteiger partial charge >= 0.3 is 0 Å². The van der Waals surface area contributed by atoms with E-state index in [1.54, 1.807) is 6.20 Å². The van der Waals surface area contributed by atoms with Crippen LogP contribution in [0, 0.1) is 3.57 Å². The molecular weight excluding hydrogens is 313 g/mol. The van der Waals surface area contributed by atoms with Crippen LogP contribution >= 0.6 is 22.6 Å². The number of benzene rings is 1. The molecule has 16 heavy (non-hydrogen) atoms. The average molecular weight is 327 g/mol. The summed E-state index contributed by atoms with van der Waals surface area (Å²) in [5.74, 6) is 0. The minimum atomic E-state index is -0.0998. The molecule has 1 aromatic carbocycles. The number of rotatable bonds is 3. The van der Waals surface area contributed by atoms with Crippen LogP contribution in [0.1, 0.15) is 24.2 Å². The molecule has 0 spiro atoms. The minimum absolute atomic E-state index is 0.0998. The van der Waals surface area contributed by atoms with E-state index in [2.05, 4.69) is 52.8 Å². The molecule has 0 amide bonds. The van der Waals surface area contributed by atoms with Crippen molar-refractivity contribution in [3.05, 3.63) is 51.4 Å². The normalized spacial score (nSPS) is 12.7. The zero-order valence-corrected chi connectivity index (χ0v) is 11.3. The monoisotopic (exact) mass is 327 g/mol. The number of nitrogens with two attached hydrogens (primary N) is 1. The van der Waals surface area contributed by atoms with Gasteiger partial charge in [0.15, 0.2) is 0 Å². The Labute approximate surface area is 109 Å². The van der Waals surface area contributed by atoms with E-state index < -0.39 is 0 Å². The number of aromatic nitrogens is 2. The van der Waals surface area contributed by atoms with Crippen molar-refractivity contribution in [2.75, 3.05) is 0 Å². The van der Waals surface area contributed by atoms with E-state index in [0.29, 0.717) is 0 Å². The van der Waals surface area contributed by atoms with Gasteiger partial charge < -0.3 is 5.73 Å². The summed E-state index contributed by atoms with van der Waals surface area (Å²) in [7, 11) is 0. The molecular formula is C12H14IN3. The molecule has 2 N–H and O–H groups in total. The van der Waals surface area contributed by atoms with Gasteiger partial charge in [-0.1, -0.05) is 12.1 Å². The zero-order chi connectivity index (χ0) is 11.5. The van der Waals surface area contributed by atoms with E-state index >= 15 is 0 Å². The lowest BCUT2D eigenvalue weighted by Gasteiger charge is -2.14. The van der Waals surface area contributed by atoms with Crippen LogP contribution in [-0.2, 0) is 6.54 Å². The third-order valence-corrected chi connectivity index (χ3v) is 3.25. The topological polar surface area (TPSA) is 43.8 Å². The molecule has 84 valence electrons.